The first kappa shape index (κ1) is 13.0. The second-order valence-corrected chi connectivity index (χ2v) is 5.09. The molecule has 2 atom stereocenters. The summed E-state index contributed by atoms with van der Waals surface area (Å²) in [6.07, 6.45) is 5.61. The third kappa shape index (κ3) is 3.76. The molecular formula is C13H28N2. The zero-order valence-corrected chi connectivity index (χ0v) is 10.9. The largest absolute Gasteiger partial charge is 0.316 e. The number of hydrogen-bond acceptors (Lipinski definition) is 2. The van der Waals surface area contributed by atoms with Crippen LogP contribution in [0.25, 0.3) is 0 Å². The smallest absolute Gasteiger partial charge is 0.0218 e. The van der Waals surface area contributed by atoms with E-state index >= 15 is 0 Å². The summed E-state index contributed by atoms with van der Waals surface area (Å²) >= 11 is 0. The quantitative estimate of drug-likeness (QED) is 0.753. The van der Waals surface area contributed by atoms with Crippen LogP contribution >= 0.6 is 0 Å². The Morgan fingerprint density at radius 2 is 1.87 bits per heavy atom. The number of hydrogen-bond donors (Lipinski definition) is 1. The van der Waals surface area contributed by atoms with Gasteiger partial charge in [0, 0.05) is 12.1 Å². The summed E-state index contributed by atoms with van der Waals surface area (Å²) in [5.74, 6) is 1.00. The van der Waals surface area contributed by atoms with Crippen molar-refractivity contribution >= 4 is 0 Å². The molecule has 1 saturated heterocycles. The van der Waals surface area contributed by atoms with E-state index in [-0.39, 0.29) is 0 Å². The van der Waals surface area contributed by atoms with E-state index in [1.54, 1.807) is 0 Å². The first-order chi connectivity index (χ1) is 7.19. The molecular weight excluding hydrogens is 184 g/mol. The van der Waals surface area contributed by atoms with Gasteiger partial charge in [0.05, 0.1) is 0 Å². The van der Waals surface area contributed by atoms with Crippen molar-refractivity contribution in [3.63, 3.8) is 0 Å². The molecule has 0 spiro atoms. The minimum atomic E-state index is 0.604. The lowest BCUT2D eigenvalue weighted by Crippen LogP contribution is -2.48. The highest BCUT2D eigenvalue weighted by atomic mass is 15.2. The average molecular weight is 212 g/mol. The molecule has 1 rings (SSSR count). The van der Waals surface area contributed by atoms with Crippen LogP contribution in [-0.2, 0) is 0 Å². The highest BCUT2D eigenvalue weighted by Crippen LogP contribution is 2.23. The second-order valence-electron chi connectivity index (χ2n) is 5.09. The summed E-state index contributed by atoms with van der Waals surface area (Å²) in [6, 6.07) is 1.28. The van der Waals surface area contributed by atoms with Crippen molar-refractivity contribution < 1.29 is 0 Å². The normalized spacial score (nSPS) is 24.0. The molecule has 2 heteroatoms. The van der Waals surface area contributed by atoms with Crippen LogP contribution in [-0.4, -0.2) is 37.1 Å². The fraction of sp³-hybridized carbons (Fsp3) is 1.00. The minimum Gasteiger partial charge on any atom is -0.316 e. The Kier molecular flexibility index (Phi) is 5.62. The SMILES string of the molecule is CCCC1CCN(C(C)C(C)NC)CC1. The lowest BCUT2D eigenvalue weighted by atomic mass is 9.91. The lowest BCUT2D eigenvalue weighted by Gasteiger charge is -2.38. The molecule has 2 unspecified atom stereocenters. The van der Waals surface area contributed by atoms with Crippen molar-refractivity contribution in [2.45, 2.75) is 58.5 Å². The number of likely N-dealkylation sites (tertiary alicyclic amines) is 1. The van der Waals surface area contributed by atoms with E-state index in [9.17, 15) is 0 Å². The van der Waals surface area contributed by atoms with E-state index in [4.69, 9.17) is 0 Å². The van der Waals surface area contributed by atoms with Gasteiger partial charge in [-0.05, 0) is 52.7 Å². The van der Waals surface area contributed by atoms with Crippen LogP contribution in [0.2, 0.25) is 0 Å². The molecule has 2 nitrogen and oxygen atoms in total. The van der Waals surface area contributed by atoms with Gasteiger partial charge in [0.1, 0.15) is 0 Å². The monoisotopic (exact) mass is 212 g/mol. The second kappa shape index (κ2) is 6.49. The summed E-state index contributed by atoms with van der Waals surface area (Å²) in [4.78, 5) is 2.65. The van der Waals surface area contributed by atoms with Crippen molar-refractivity contribution in [3.8, 4) is 0 Å². The molecule has 0 aromatic carbocycles. The first-order valence-electron chi connectivity index (χ1n) is 6.60. The molecule has 1 aliphatic heterocycles. The van der Waals surface area contributed by atoms with E-state index in [2.05, 4.69) is 38.0 Å². The highest BCUT2D eigenvalue weighted by Gasteiger charge is 2.24. The van der Waals surface area contributed by atoms with Gasteiger partial charge in [-0.1, -0.05) is 19.8 Å². The Morgan fingerprint density at radius 3 is 2.33 bits per heavy atom. The molecule has 1 heterocycles. The molecule has 0 aliphatic carbocycles. The van der Waals surface area contributed by atoms with Crippen molar-refractivity contribution in [2.75, 3.05) is 20.1 Å². The van der Waals surface area contributed by atoms with Crippen molar-refractivity contribution in [3.05, 3.63) is 0 Å². The third-order valence-corrected chi connectivity index (χ3v) is 4.10. The van der Waals surface area contributed by atoms with Gasteiger partial charge in [-0.2, -0.15) is 0 Å². The molecule has 0 radical (unpaired) electrons. The Balaban J connectivity index is 2.30. The van der Waals surface area contributed by atoms with Gasteiger partial charge < -0.3 is 5.32 Å². The maximum Gasteiger partial charge on any atom is 0.0218 e. The summed E-state index contributed by atoms with van der Waals surface area (Å²) < 4.78 is 0. The lowest BCUT2D eigenvalue weighted by molar-refractivity contribution is 0.119. The van der Waals surface area contributed by atoms with Gasteiger partial charge in [-0.15, -0.1) is 0 Å². The topological polar surface area (TPSA) is 15.3 Å². The van der Waals surface area contributed by atoms with Crippen LogP contribution in [0.4, 0.5) is 0 Å². The van der Waals surface area contributed by atoms with Crippen molar-refractivity contribution in [2.24, 2.45) is 5.92 Å². The Morgan fingerprint density at radius 1 is 1.27 bits per heavy atom. The standard InChI is InChI=1S/C13H28N2/c1-5-6-13-7-9-15(10-8-13)12(3)11(2)14-4/h11-14H,5-10H2,1-4H3. The molecule has 1 fully saturated rings. The first-order valence-corrected chi connectivity index (χ1v) is 6.60. The Bertz CT molecular complexity index is 162. The van der Waals surface area contributed by atoms with Crippen LogP contribution in [0.3, 0.4) is 0 Å². The number of nitrogens with one attached hydrogen (secondary N) is 1. The molecule has 90 valence electrons. The molecule has 1 aliphatic rings. The molecule has 0 bridgehead atoms. The van der Waals surface area contributed by atoms with Crippen LogP contribution in [0, 0.1) is 5.92 Å². The molecule has 0 aromatic heterocycles. The predicted octanol–water partition coefficient (Wildman–Crippen LogP) is 2.49. The number of likely N-dealkylation sites (N-methyl/N-ethyl adjacent to an activating group) is 1. The van der Waals surface area contributed by atoms with Crippen molar-refractivity contribution in [1.29, 1.82) is 0 Å². The van der Waals surface area contributed by atoms with Gasteiger partial charge in [0.15, 0.2) is 0 Å². The van der Waals surface area contributed by atoms with Gasteiger partial charge in [0.2, 0.25) is 0 Å². The molecule has 1 N–H and O–H groups in total. The van der Waals surface area contributed by atoms with Gasteiger partial charge in [-0.3, -0.25) is 4.90 Å². The van der Waals surface area contributed by atoms with Crippen LogP contribution in [0.1, 0.15) is 46.5 Å². The molecule has 0 saturated carbocycles. The van der Waals surface area contributed by atoms with E-state index < -0.39 is 0 Å². The van der Waals surface area contributed by atoms with Gasteiger partial charge in [0.25, 0.3) is 0 Å². The van der Waals surface area contributed by atoms with E-state index in [1.807, 2.05) is 0 Å². The summed E-state index contributed by atoms with van der Waals surface area (Å²) in [6.45, 7) is 9.54. The molecule has 0 aromatic rings. The average Bonchev–Trinajstić information content (AvgIpc) is 2.28. The Labute approximate surface area is 95.4 Å². The van der Waals surface area contributed by atoms with Gasteiger partial charge in [-0.25, -0.2) is 0 Å². The maximum absolute atomic E-state index is 3.36. The van der Waals surface area contributed by atoms with E-state index in [0.29, 0.717) is 12.1 Å². The van der Waals surface area contributed by atoms with Crippen LogP contribution < -0.4 is 5.32 Å². The zero-order valence-electron chi connectivity index (χ0n) is 10.9. The predicted molar refractivity (Wildman–Crippen MR) is 67.2 cm³/mol. The third-order valence-electron chi connectivity index (χ3n) is 4.10. The number of rotatable bonds is 5. The minimum absolute atomic E-state index is 0.604. The molecule has 15 heavy (non-hydrogen) atoms. The fourth-order valence-electron chi connectivity index (χ4n) is 2.61. The van der Waals surface area contributed by atoms with E-state index in [0.717, 1.165) is 5.92 Å². The van der Waals surface area contributed by atoms with Crippen LogP contribution in [0.15, 0.2) is 0 Å². The molecule has 0 amide bonds. The Hall–Kier alpha value is -0.0800. The summed E-state index contributed by atoms with van der Waals surface area (Å²) in [7, 11) is 2.06. The maximum atomic E-state index is 3.36. The van der Waals surface area contributed by atoms with Crippen LogP contribution in [0.5, 0.6) is 0 Å². The van der Waals surface area contributed by atoms with E-state index in [1.165, 1.54) is 38.8 Å². The summed E-state index contributed by atoms with van der Waals surface area (Å²) in [5.41, 5.74) is 0. The summed E-state index contributed by atoms with van der Waals surface area (Å²) in [5, 5.41) is 3.36. The van der Waals surface area contributed by atoms with Gasteiger partial charge >= 0.3 is 0 Å². The van der Waals surface area contributed by atoms with Crippen molar-refractivity contribution in [1.82, 2.24) is 10.2 Å². The highest BCUT2D eigenvalue weighted by molar-refractivity contribution is 4.81. The zero-order chi connectivity index (χ0) is 11.3. The fourth-order valence-corrected chi connectivity index (χ4v) is 2.61. The number of nitrogens with zero attached hydrogens (tertiary/aromatic N) is 1. The number of piperidine rings is 1.